The molecule has 0 saturated carbocycles. The molecular formula is C21H44N2O. The van der Waals surface area contributed by atoms with Gasteiger partial charge < -0.3 is 10.6 Å². The zero-order valence-electron chi connectivity index (χ0n) is 17.0. The minimum Gasteiger partial charge on any atom is -0.338 e. The lowest BCUT2D eigenvalue weighted by Gasteiger charge is -2.19. The van der Waals surface area contributed by atoms with E-state index in [1.807, 2.05) is 0 Å². The fraction of sp³-hybridized carbons (Fsp3) is 0.952. The molecule has 0 aromatic heterocycles. The third kappa shape index (κ3) is 13.7. The highest BCUT2D eigenvalue weighted by Gasteiger charge is 2.12. The van der Waals surface area contributed by atoms with Crippen molar-refractivity contribution < 1.29 is 4.79 Å². The summed E-state index contributed by atoms with van der Waals surface area (Å²) < 4.78 is 0. The van der Waals surface area contributed by atoms with Crippen LogP contribution in [0.1, 0.15) is 105 Å². The Bertz CT molecular complexity index is 255. The van der Waals surface area contributed by atoms with Gasteiger partial charge in [-0.25, -0.2) is 4.79 Å². The van der Waals surface area contributed by atoms with Gasteiger partial charge in [-0.3, -0.25) is 0 Å². The van der Waals surface area contributed by atoms with Crippen LogP contribution < -0.4 is 10.6 Å². The first kappa shape index (κ1) is 23.3. The Kier molecular flexibility index (Phi) is 16.6. The van der Waals surface area contributed by atoms with Gasteiger partial charge in [0.05, 0.1) is 0 Å². The molecule has 0 aliphatic rings. The van der Waals surface area contributed by atoms with E-state index in [1.54, 1.807) is 0 Å². The summed E-state index contributed by atoms with van der Waals surface area (Å²) in [4.78, 5) is 12.1. The zero-order valence-corrected chi connectivity index (χ0v) is 17.0. The SMILES string of the molecule is CCCCCC(CCC)CNC(=O)NCC(CCC)CCCCC. The average molecular weight is 341 g/mol. The molecule has 3 heteroatoms. The first-order chi connectivity index (χ1) is 11.7. The van der Waals surface area contributed by atoms with Crippen LogP contribution in [0.15, 0.2) is 0 Å². The molecule has 0 aromatic carbocycles. The Morgan fingerprint density at radius 1 is 0.625 bits per heavy atom. The van der Waals surface area contributed by atoms with E-state index in [-0.39, 0.29) is 6.03 Å². The van der Waals surface area contributed by atoms with Crippen LogP contribution in [0, 0.1) is 11.8 Å². The van der Waals surface area contributed by atoms with Crippen LogP contribution in [0.25, 0.3) is 0 Å². The van der Waals surface area contributed by atoms with Crippen molar-refractivity contribution in [2.24, 2.45) is 11.8 Å². The molecule has 2 amide bonds. The molecule has 0 spiro atoms. The number of carbonyl (C=O) groups excluding carboxylic acids is 1. The Morgan fingerprint density at radius 2 is 1.04 bits per heavy atom. The number of carbonyl (C=O) groups is 1. The molecule has 0 aliphatic heterocycles. The van der Waals surface area contributed by atoms with E-state index in [9.17, 15) is 4.79 Å². The third-order valence-corrected chi connectivity index (χ3v) is 4.93. The highest BCUT2D eigenvalue weighted by Crippen LogP contribution is 2.16. The van der Waals surface area contributed by atoms with Crippen LogP contribution in [0.5, 0.6) is 0 Å². The molecule has 0 aliphatic carbocycles. The second kappa shape index (κ2) is 17.1. The van der Waals surface area contributed by atoms with Crippen molar-refractivity contribution in [3.05, 3.63) is 0 Å². The Hall–Kier alpha value is -0.730. The minimum absolute atomic E-state index is 0.0307. The molecule has 2 N–H and O–H groups in total. The maximum Gasteiger partial charge on any atom is 0.314 e. The van der Waals surface area contributed by atoms with Crippen molar-refractivity contribution in [2.75, 3.05) is 13.1 Å². The Morgan fingerprint density at radius 3 is 1.38 bits per heavy atom. The maximum absolute atomic E-state index is 12.1. The summed E-state index contributed by atoms with van der Waals surface area (Å²) in [6.45, 7) is 10.6. The van der Waals surface area contributed by atoms with Crippen molar-refractivity contribution >= 4 is 6.03 Å². The highest BCUT2D eigenvalue weighted by atomic mass is 16.2. The third-order valence-electron chi connectivity index (χ3n) is 4.93. The molecule has 0 heterocycles. The lowest BCUT2D eigenvalue weighted by atomic mass is 9.96. The molecular weight excluding hydrogens is 296 g/mol. The smallest absolute Gasteiger partial charge is 0.314 e. The molecule has 0 bridgehead atoms. The summed E-state index contributed by atoms with van der Waals surface area (Å²) in [5, 5.41) is 6.22. The van der Waals surface area contributed by atoms with Gasteiger partial charge >= 0.3 is 6.03 Å². The average Bonchev–Trinajstić information content (AvgIpc) is 2.58. The number of urea groups is 1. The van der Waals surface area contributed by atoms with Gasteiger partial charge in [0.1, 0.15) is 0 Å². The summed E-state index contributed by atoms with van der Waals surface area (Å²) in [6.07, 6.45) is 15.1. The topological polar surface area (TPSA) is 41.1 Å². The Balaban J connectivity index is 4.00. The maximum atomic E-state index is 12.1. The number of hydrogen-bond acceptors (Lipinski definition) is 1. The number of rotatable bonds is 16. The molecule has 0 rings (SSSR count). The molecule has 144 valence electrons. The van der Waals surface area contributed by atoms with E-state index in [1.165, 1.54) is 77.0 Å². The summed E-state index contributed by atoms with van der Waals surface area (Å²) >= 11 is 0. The van der Waals surface area contributed by atoms with Crippen LogP contribution in [0.2, 0.25) is 0 Å². The summed E-state index contributed by atoms with van der Waals surface area (Å²) in [7, 11) is 0. The van der Waals surface area contributed by atoms with Crippen molar-refractivity contribution in [1.29, 1.82) is 0 Å². The largest absolute Gasteiger partial charge is 0.338 e. The number of nitrogens with one attached hydrogen (secondary N) is 2. The van der Waals surface area contributed by atoms with Gasteiger partial charge in [-0.15, -0.1) is 0 Å². The molecule has 0 radical (unpaired) electrons. The van der Waals surface area contributed by atoms with E-state index in [0.29, 0.717) is 11.8 Å². The summed E-state index contributed by atoms with van der Waals surface area (Å²) in [6, 6.07) is 0.0307. The van der Waals surface area contributed by atoms with Gasteiger partial charge in [-0.2, -0.15) is 0 Å². The van der Waals surface area contributed by atoms with Crippen molar-refractivity contribution in [1.82, 2.24) is 10.6 Å². The second-order valence-corrected chi connectivity index (χ2v) is 7.39. The lowest BCUT2D eigenvalue weighted by molar-refractivity contribution is 0.234. The monoisotopic (exact) mass is 340 g/mol. The quantitative estimate of drug-likeness (QED) is 0.319. The van der Waals surface area contributed by atoms with Gasteiger partial charge in [-0.1, -0.05) is 79.1 Å². The number of amides is 2. The van der Waals surface area contributed by atoms with Crippen LogP contribution in [0.3, 0.4) is 0 Å². The number of unbranched alkanes of at least 4 members (excludes halogenated alkanes) is 4. The Labute approximate surface area is 151 Å². The lowest BCUT2D eigenvalue weighted by Crippen LogP contribution is -2.40. The van der Waals surface area contributed by atoms with E-state index < -0.39 is 0 Å². The van der Waals surface area contributed by atoms with Gasteiger partial charge in [0.15, 0.2) is 0 Å². The van der Waals surface area contributed by atoms with Crippen molar-refractivity contribution in [3.63, 3.8) is 0 Å². The van der Waals surface area contributed by atoms with E-state index >= 15 is 0 Å². The minimum atomic E-state index is 0.0307. The molecule has 24 heavy (non-hydrogen) atoms. The standard InChI is InChI=1S/C21H44N2O/c1-5-9-11-15-19(13-7-3)17-22-21(24)23-18-20(14-8-4)16-12-10-6-2/h19-20H,5-18H2,1-4H3,(H2,22,23,24). The van der Waals surface area contributed by atoms with Crippen LogP contribution in [-0.2, 0) is 0 Å². The molecule has 2 unspecified atom stereocenters. The summed E-state index contributed by atoms with van der Waals surface area (Å²) in [5.74, 6) is 1.28. The van der Waals surface area contributed by atoms with Gasteiger partial charge in [-0.05, 0) is 37.5 Å². The molecule has 0 saturated heterocycles. The first-order valence-corrected chi connectivity index (χ1v) is 10.7. The fourth-order valence-electron chi connectivity index (χ4n) is 3.42. The van der Waals surface area contributed by atoms with E-state index in [2.05, 4.69) is 38.3 Å². The zero-order chi connectivity index (χ0) is 18.0. The molecule has 2 atom stereocenters. The molecule has 3 nitrogen and oxygen atoms in total. The normalized spacial score (nSPS) is 13.5. The second-order valence-electron chi connectivity index (χ2n) is 7.39. The van der Waals surface area contributed by atoms with Gasteiger partial charge in [0.25, 0.3) is 0 Å². The first-order valence-electron chi connectivity index (χ1n) is 10.7. The molecule has 0 fully saturated rings. The van der Waals surface area contributed by atoms with E-state index in [0.717, 1.165) is 13.1 Å². The number of hydrogen-bond donors (Lipinski definition) is 2. The van der Waals surface area contributed by atoms with Crippen LogP contribution >= 0.6 is 0 Å². The van der Waals surface area contributed by atoms with Crippen LogP contribution in [-0.4, -0.2) is 19.1 Å². The predicted octanol–water partition coefficient (Wildman–Crippen LogP) is 6.28. The van der Waals surface area contributed by atoms with Crippen molar-refractivity contribution in [3.8, 4) is 0 Å². The highest BCUT2D eigenvalue weighted by molar-refractivity contribution is 5.73. The molecule has 0 aromatic rings. The van der Waals surface area contributed by atoms with Crippen LogP contribution in [0.4, 0.5) is 4.79 Å². The summed E-state index contributed by atoms with van der Waals surface area (Å²) in [5.41, 5.74) is 0. The fourth-order valence-corrected chi connectivity index (χ4v) is 3.42. The van der Waals surface area contributed by atoms with Crippen molar-refractivity contribution in [2.45, 2.75) is 105 Å². The van der Waals surface area contributed by atoms with Gasteiger partial charge in [0, 0.05) is 13.1 Å². The van der Waals surface area contributed by atoms with Gasteiger partial charge in [0.2, 0.25) is 0 Å². The predicted molar refractivity (Wildman–Crippen MR) is 106 cm³/mol. The van der Waals surface area contributed by atoms with E-state index in [4.69, 9.17) is 0 Å².